The number of hydrazone groups is 1. The number of halogens is 1. The summed E-state index contributed by atoms with van der Waals surface area (Å²) in [7, 11) is 0. The molecule has 1 N–H and O–H groups in total. The topological polar surface area (TPSA) is 87.3 Å². The fourth-order valence-corrected chi connectivity index (χ4v) is 5.12. The number of hydrogen-bond donors (Lipinski definition) is 1. The summed E-state index contributed by atoms with van der Waals surface area (Å²) in [5.41, 5.74) is 0.955. The number of ether oxygens (including phenoxy) is 2. The summed E-state index contributed by atoms with van der Waals surface area (Å²) in [5, 5.41) is 17.5. The number of nitrogens with zero attached hydrogens (tertiary/aromatic N) is 3. The molecule has 5 rings (SSSR count). The fraction of sp³-hybridized carbons (Fsp3) is 0.0833. The Morgan fingerprint density at radius 2 is 1.68 bits per heavy atom. The number of carbonyl (C=O) groups is 1. The molecule has 3 aromatic rings. The SMILES string of the molecule is N=C1/C(=C/c2ccc(OCCOc3ccc(Br)cc3)cc2)C(=O)N=C2SC(c3cccs3)=NN12. The van der Waals surface area contributed by atoms with Crippen molar-refractivity contribution >= 4 is 67.1 Å². The largest absolute Gasteiger partial charge is 0.490 e. The molecular weight excluding hydrogens is 536 g/mol. The normalized spacial score (nSPS) is 16.4. The number of amidine groups is 2. The maximum absolute atomic E-state index is 12.6. The minimum Gasteiger partial charge on any atom is -0.490 e. The Bertz CT molecular complexity index is 1320. The number of amides is 1. The van der Waals surface area contributed by atoms with E-state index < -0.39 is 5.91 Å². The first-order chi connectivity index (χ1) is 16.6. The maximum Gasteiger partial charge on any atom is 0.283 e. The van der Waals surface area contributed by atoms with Crippen LogP contribution < -0.4 is 9.47 Å². The Hall–Kier alpha value is -3.21. The monoisotopic (exact) mass is 552 g/mol. The smallest absolute Gasteiger partial charge is 0.283 e. The van der Waals surface area contributed by atoms with Gasteiger partial charge in [0.2, 0.25) is 5.17 Å². The van der Waals surface area contributed by atoms with E-state index in [9.17, 15) is 4.79 Å². The van der Waals surface area contributed by atoms with Crippen LogP contribution in [-0.2, 0) is 4.79 Å². The molecule has 170 valence electrons. The van der Waals surface area contributed by atoms with Crippen molar-refractivity contribution in [3.63, 3.8) is 0 Å². The van der Waals surface area contributed by atoms with E-state index in [0.717, 1.165) is 25.7 Å². The number of carbonyl (C=O) groups excluding carboxylic acids is 1. The van der Waals surface area contributed by atoms with Crippen molar-refractivity contribution in [3.05, 3.63) is 86.5 Å². The molecule has 7 nitrogen and oxygen atoms in total. The second-order valence-electron chi connectivity index (χ2n) is 7.12. The second kappa shape index (κ2) is 9.96. The van der Waals surface area contributed by atoms with Crippen molar-refractivity contribution < 1.29 is 14.3 Å². The van der Waals surface area contributed by atoms with Crippen molar-refractivity contribution in [1.82, 2.24) is 5.01 Å². The van der Waals surface area contributed by atoms with Gasteiger partial charge < -0.3 is 9.47 Å². The van der Waals surface area contributed by atoms with Crippen LogP contribution in [0.4, 0.5) is 0 Å². The number of rotatable bonds is 7. The zero-order valence-corrected chi connectivity index (χ0v) is 20.8. The van der Waals surface area contributed by atoms with Crippen LogP contribution in [0.1, 0.15) is 10.4 Å². The number of benzene rings is 2. The van der Waals surface area contributed by atoms with Crippen LogP contribution in [0.5, 0.6) is 11.5 Å². The highest BCUT2D eigenvalue weighted by molar-refractivity contribution is 9.10. The van der Waals surface area contributed by atoms with Crippen LogP contribution in [0.3, 0.4) is 0 Å². The van der Waals surface area contributed by atoms with Gasteiger partial charge in [0.15, 0.2) is 5.84 Å². The molecule has 0 fully saturated rings. The van der Waals surface area contributed by atoms with Crippen LogP contribution in [0.25, 0.3) is 6.08 Å². The van der Waals surface area contributed by atoms with Crippen LogP contribution in [0.15, 0.2) is 86.2 Å². The molecule has 2 aliphatic heterocycles. The molecule has 3 heterocycles. The Morgan fingerprint density at radius 1 is 1.00 bits per heavy atom. The average Bonchev–Trinajstić information content (AvgIpc) is 3.52. The van der Waals surface area contributed by atoms with Crippen molar-refractivity contribution in [3.8, 4) is 11.5 Å². The number of aliphatic imine (C=N–C) groups is 1. The molecule has 0 radical (unpaired) electrons. The van der Waals surface area contributed by atoms with Gasteiger partial charge in [0.1, 0.15) is 29.8 Å². The minimum atomic E-state index is -0.447. The summed E-state index contributed by atoms with van der Waals surface area (Å²) in [4.78, 5) is 17.7. The zero-order valence-electron chi connectivity index (χ0n) is 17.6. The molecule has 0 saturated heterocycles. The highest BCUT2D eigenvalue weighted by Gasteiger charge is 2.36. The van der Waals surface area contributed by atoms with E-state index in [1.807, 2.05) is 66.0 Å². The van der Waals surface area contributed by atoms with Gasteiger partial charge in [0.05, 0.1) is 10.5 Å². The minimum absolute atomic E-state index is 0.0134. The molecule has 0 atom stereocenters. The van der Waals surface area contributed by atoms with Gasteiger partial charge in [0, 0.05) is 4.47 Å². The van der Waals surface area contributed by atoms with E-state index >= 15 is 0 Å². The third-order valence-corrected chi connectivity index (χ3v) is 7.29. The molecule has 0 saturated carbocycles. The van der Waals surface area contributed by atoms with Gasteiger partial charge in [-0.15, -0.1) is 11.3 Å². The molecule has 0 spiro atoms. The Kier molecular flexibility index (Phi) is 6.61. The predicted molar refractivity (Wildman–Crippen MR) is 140 cm³/mol. The zero-order chi connectivity index (χ0) is 23.5. The summed E-state index contributed by atoms with van der Waals surface area (Å²) in [6.45, 7) is 0.815. The summed E-state index contributed by atoms with van der Waals surface area (Å²) >= 11 is 6.24. The van der Waals surface area contributed by atoms with Gasteiger partial charge in [-0.1, -0.05) is 34.1 Å². The third kappa shape index (κ3) is 4.98. The first kappa shape index (κ1) is 22.6. The molecule has 0 bridgehead atoms. The first-order valence-electron chi connectivity index (χ1n) is 10.2. The molecule has 2 aliphatic rings. The molecule has 0 aliphatic carbocycles. The second-order valence-corrected chi connectivity index (χ2v) is 9.94. The van der Waals surface area contributed by atoms with E-state index in [1.165, 1.54) is 16.8 Å². The predicted octanol–water partition coefficient (Wildman–Crippen LogP) is 5.64. The maximum atomic E-state index is 12.6. The van der Waals surface area contributed by atoms with Gasteiger partial charge in [0.25, 0.3) is 5.91 Å². The van der Waals surface area contributed by atoms with Gasteiger partial charge in [-0.2, -0.15) is 15.1 Å². The van der Waals surface area contributed by atoms with Crippen molar-refractivity contribution in [2.24, 2.45) is 10.1 Å². The van der Waals surface area contributed by atoms with Crippen molar-refractivity contribution in [2.75, 3.05) is 13.2 Å². The van der Waals surface area contributed by atoms with E-state index in [-0.39, 0.29) is 11.4 Å². The van der Waals surface area contributed by atoms with Crippen LogP contribution >= 0.6 is 39.0 Å². The number of nitrogens with one attached hydrogen (secondary N) is 1. The standard InChI is InChI=1S/C24H17BrN4O3S2/c25-16-5-9-18(10-6-16)32-12-11-31-17-7-3-15(4-8-17)14-19-21(26)29-24(27-22(19)30)34-23(28-29)20-2-1-13-33-20/h1-10,13-14,26H,11-12H2/b19-14-,26-21?. The van der Waals surface area contributed by atoms with E-state index in [2.05, 4.69) is 26.0 Å². The summed E-state index contributed by atoms with van der Waals surface area (Å²) < 4.78 is 12.4. The number of thiophene rings is 1. The lowest BCUT2D eigenvalue weighted by Gasteiger charge is -2.20. The molecule has 34 heavy (non-hydrogen) atoms. The first-order valence-corrected chi connectivity index (χ1v) is 12.7. The lowest BCUT2D eigenvalue weighted by molar-refractivity contribution is -0.114. The number of fused-ring (bicyclic) bond motifs is 1. The van der Waals surface area contributed by atoms with Crippen LogP contribution in [0.2, 0.25) is 0 Å². The Labute approximate surface area is 212 Å². The van der Waals surface area contributed by atoms with Crippen molar-refractivity contribution in [1.29, 1.82) is 5.41 Å². The Morgan fingerprint density at radius 3 is 2.32 bits per heavy atom. The van der Waals surface area contributed by atoms with E-state index in [1.54, 1.807) is 17.4 Å². The van der Waals surface area contributed by atoms with Gasteiger partial charge >= 0.3 is 0 Å². The Balaban J connectivity index is 1.21. The molecule has 2 aromatic carbocycles. The molecule has 0 unspecified atom stereocenters. The third-order valence-electron chi connectivity index (χ3n) is 4.81. The van der Waals surface area contributed by atoms with E-state index in [4.69, 9.17) is 14.9 Å². The number of hydrogen-bond acceptors (Lipinski definition) is 7. The fourth-order valence-electron chi connectivity index (χ4n) is 3.17. The highest BCUT2D eigenvalue weighted by Crippen LogP contribution is 2.32. The van der Waals surface area contributed by atoms with Crippen LogP contribution in [-0.4, -0.2) is 40.2 Å². The van der Waals surface area contributed by atoms with Gasteiger partial charge in [-0.25, -0.2) is 0 Å². The quantitative estimate of drug-likeness (QED) is 0.303. The lowest BCUT2D eigenvalue weighted by Crippen LogP contribution is -2.35. The van der Waals surface area contributed by atoms with Crippen molar-refractivity contribution in [2.45, 2.75) is 0 Å². The van der Waals surface area contributed by atoms with Crippen LogP contribution in [0, 0.1) is 5.41 Å². The molecule has 10 heteroatoms. The van der Waals surface area contributed by atoms with Gasteiger partial charge in [-0.3, -0.25) is 10.2 Å². The summed E-state index contributed by atoms with van der Waals surface area (Å²) in [5.74, 6) is 1.03. The summed E-state index contributed by atoms with van der Waals surface area (Å²) in [6, 6.07) is 18.8. The van der Waals surface area contributed by atoms with Gasteiger partial charge in [-0.05, 0) is 71.2 Å². The molecule has 1 amide bonds. The van der Waals surface area contributed by atoms with E-state index in [0.29, 0.717) is 24.1 Å². The number of thioether (sulfide) groups is 1. The molecular formula is C24H17BrN4O3S2. The summed E-state index contributed by atoms with van der Waals surface area (Å²) in [6.07, 6.45) is 1.65. The molecule has 1 aromatic heterocycles. The highest BCUT2D eigenvalue weighted by atomic mass is 79.9. The lowest BCUT2D eigenvalue weighted by atomic mass is 10.1. The average molecular weight is 553 g/mol.